The second kappa shape index (κ2) is 14.2. The lowest BCUT2D eigenvalue weighted by atomic mass is 10.1. The molecule has 2 aromatic rings. The summed E-state index contributed by atoms with van der Waals surface area (Å²) in [5.74, 6) is 0.0501. The van der Waals surface area contributed by atoms with Crippen molar-refractivity contribution in [2.45, 2.75) is 19.8 Å². The van der Waals surface area contributed by atoms with E-state index in [0.717, 1.165) is 18.4 Å². The standard InChI is InChI=1S/C26H28N2O5/c1-3-4-16-32-24-8-6-5-7-21(24)11-14-25(29)33-23-12-9-20(10-13-23)18-22(19-27)26(30)28-15-17-31-2/h5-14,18H,3-4,15-17H2,1-2H3,(H,28,30)/b14-11+,22-18+. The molecule has 0 unspecified atom stereocenters. The summed E-state index contributed by atoms with van der Waals surface area (Å²) in [5, 5.41) is 11.8. The molecule has 7 nitrogen and oxygen atoms in total. The van der Waals surface area contributed by atoms with Crippen molar-refractivity contribution in [1.29, 1.82) is 5.26 Å². The van der Waals surface area contributed by atoms with E-state index in [1.807, 2.05) is 30.3 Å². The van der Waals surface area contributed by atoms with Gasteiger partial charge in [-0.3, -0.25) is 4.79 Å². The van der Waals surface area contributed by atoms with E-state index >= 15 is 0 Å². The Bertz CT molecular complexity index is 1020. The molecular weight excluding hydrogens is 420 g/mol. The van der Waals surface area contributed by atoms with Crippen molar-refractivity contribution >= 4 is 24.0 Å². The minimum atomic E-state index is -0.531. The quantitative estimate of drug-likeness (QED) is 0.172. The second-order valence-corrected chi connectivity index (χ2v) is 6.98. The van der Waals surface area contributed by atoms with E-state index in [1.165, 1.54) is 19.3 Å². The molecule has 0 atom stereocenters. The molecule has 1 N–H and O–H groups in total. The van der Waals surface area contributed by atoms with E-state index in [2.05, 4.69) is 12.2 Å². The number of para-hydroxylation sites is 1. The number of nitrogens with zero attached hydrogens (tertiary/aromatic N) is 1. The zero-order valence-electron chi connectivity index (χ0n) is 18.9. The van der Waals surface area contributed by atoms with Crippen LogP contribution < -0.4 is 14.8 Å². The zero-order chi connectivity index (χ0) is 23.9. The Morgan fingerprint density at radius 2 is 1.85 bits per heavy atom. The number of methoxy groups -OCH3 is 1. The molecule has 0 spiro atoms. The van der Waals surface area contributed by atoms with E-state index in [9.17, 15) is 14.9 Å². The summed E-state index contributed by atoms with van der Waals surface area (Å²) in [6, 6.07) is 15.9. The van der Waals surface area contributed by atoms with Gasteiger partial charge >= 0.3 is 5.97 Å². The SMILES string of the molecule is CCCCOc1ccccc1/C=C/C(=O)Oc1ccc(/C=C(\C#N)C(=O)NCCOC)cc1. The molecule has 0 aromatic heterocycles. The minimum absolute atomic E-state index is 0.0291. The fourth-order valence-corrected chi connectivity index (χ4v) is 2.69. The molecule has 0 saturated carbocycles. The third-order valence-corrected chi connectivity index (χ3v) is 4.44. The molecule has 0 heterocycles. The number of carbonyl (C=O) groups excluding carboxylic acids is 2. The van der Waals surface area contributed by atoms with Crippen LogP contribution >= 0.6 is 0 Å². The van der Waals surface area contributed by atoms with Crippen molar-refractivity contribution in [3.05, 3.63) is 71.3 Å². The Hall–Kier alpha value is -3.89. The number of benzene rings is 2. The number of nitriles is 1. The van der Waals surface area contributed by atoms with Crippen molar-refractivity contribution in [1.82, 2.24) is 5.32 Å². The van der Waals surface area contributed by atoms with Gasteiger partial charge in [-0.05, 0) is 42.3 Å². The lowest BCUT2D eigenvalue weighted by Gasteiger charge is -2.08. The normalized spacial score (nSPS) is 11.1. The van der Waals surface area contributed by atoms with Crippen molar-refractivity contribution in [2.24, 2.45) is 0 Å². The van der Waals surface area contributed by atoms with E-state index in [1.54, 1.807) is 30.3 Å². The highest BCUT2D eigenvalue weighted by Crippen LogP contribution is 2.20. The topological polar surface area (TPSA) is 97.7 Å². The first-order valence-electron chi connectivity index (χ1n) is 10.7. The van der Waals surface area contributed by atoms with Crippen LogP contribution in [0.5, 0.6) is 11.5 Å². The van der Waals surface area contributed by atoms with Crippen LogP contribution in [-0.4, -0.2) is 38.7 Å². The Morgan fingerprint density at radius 1 is 1.09 bits per heavy atom. The summed E-state index contributed by atoms with van der Waals surface area (Å²) in [5.41, 5.74) is 1.39. The third-order valence-electron chi connectivity index (χ3n) is 4.44. The van der Waals surface area contributed by atoms with Crippen molar-refractivity contribution in [3.63, 3.8) is 0 Å². The lowest BCUT2D eigenvalue weighted by Crippen LogP contribution is -2.27. The maximum absolute atomic E-state index is 12.2. The van der Waals surface area contributed by atoms with E-state index in [0.29, 0.717) is 36.8 Å². The van der Waals surface area contributed by atoms with E-state index < -0.39 is 11.9 Å². The van der Waals surface area contributed by atoms with Crippen LogP contribution in [0.3, 0.4) is 0 Å². The average molecular weight is 449 g/mol. The third kappa shape index (κ3) is 9.01. The fourth-order valence-electron chi connectivity index (χ4n) is 2.69. The highest BCUT2D eigenvalue weighted by Gasteiger charge is 2.09. The number of rotatable bonds is 12. The summed E-state index contributed by atoms with van der Waals surface area (Å²) in [7, 11) is 1.53. The van der Waals surface area contributed by atoms with Crippen molar-refractivity contribution in [2.75, 3.05) is 26.9 Å². The Balaban J connectivity index is 1.97. The average Bonchev–Trinajstić information content (AvgIpc) is 2.83. The highest BCUT2D eigenvalue weighted by atomic mass is 16.5. The number of nitrogens with one attached hydrogen (secondary N) is 1. The van der Waals surface area contributed by atoms with Gasteiger partial charge in [-0.2, -0.15) is 5.26 Å². The van der Waals surface area contributed by atoms with Crippen LogP contribution in [0.4, 0.5) is 0 Å². The van der Waals surface area contributed by atoms with Gasteiger partial charge in [0.15, 0.2) is 0 Å². The smallest absolute Gasteiger partial charge is 0.336 e. The number of unbranched alkanes of at least 4 members (excludes halogenated alkanes) is 1. The molecule has 1 amide bonds. The summed E-state index contributed by atoms with van der Waals surface area (Å²) in [4.78, 5) is 24.2. The molecule has 0 aliphatic rings. The first kappa shape index (κ1) is 25.4. The van der Waals surface area contributed by atoms with Gasteiger partial charge in [0, 0.05) is 25.3 Å². The molecule has 0 saturated heterocycles. The molecule has 7 heteroatoms. The van der Waals surface area contributed by atoms with Gasteiger partial charge in [0.1, 0.15) is 23.1 Å². The number of hydrogen-bond donors (Lipinski definition) is 1. The second-order valence-electron chi connectivity index (χ2n) is 6.98. The summed E-state index contributed by atoms with van der Waals surface area (Å²) in [6.45, 7) is 3.38. The monoisotopic (exact) mass is 448 g/mol. The predicted octanol–water partition coefficient (Wildman–Crippen LogP) is 4.15. The molecule has 0 bridgehead atoms. The molecule has 2 aromatic carbocycles. The van der Waals surface area contributed by atoms with Crippen LogP contribution in [0, 0.1) is 11.3 Å². The first-order valence-corrected chi connectivity index (χ1v) is 10.7. The Morgan fingerprint density at radius 3 is 2.55 bits per heavy atom. The van der Waals surface area contributed by atoms with E-state index in [-0.39, 0.29) is 5.57 Å². The fraction of sp³-hybridized carbons (Fsp3) is 0.269. The summed E-state index contributed by atoms with van der Waals surface area (Å²) < 4.78 is 16.0. The minimum Gasteiger partial charge on any atom is -0.493 e. The molecule has 0 aliphatic heterocycles. The summed E-state index contributed by atoms with van der Waals surface area (Å²) >= 11 is 0. The lowest BCUT2D eigenvalue weighted by molar-refractivity contribution is -0.128. The van der Waals surface area contributed by atoms with Gasteiger partial charge in [-0.25, -0.2) is 4.79 Å². The van der Waals surface area contributed by atoms with E-state index in [4.69, 9.17) is 14.2 Å². The molecule has 0 aliphatic carbocycles. The van der Waals surface area contributed by atoms with Gasteiger partial charge in [-0.1, -0.05) is 43.7 Å². The van der Waals surface area contributed by atoms with Crippen molar-refractivity contribution in [3.8, 4) is 17.6 Å². The first-order chi connectivity index (χ1) is 16.1. The van der Waals surface area contributed by atoms with Gasteiger partial charge in [0.2, 0.25) is 0 Å². The highest BCUT2D eigenvalue weighted by molar-refractivity contribution is 6.01. The van der Waals surface area contributed by atoms with Gasteiger partial charge in [0.05, 0.1) is 13.2 Å². The molecule has 33 heavy (non-hydrogen) atoms. The zero-order valence-corrected chi connectivity index (χ0v) is 18.9. The van der Waals surface area contributed by atoms with Crippen molar-refractivity contribution < 1.29 is 23.8 Å². The predicted molar refractivity (Wildman–Crippen MR) is 126 cm³/mol. The van der Waals surface area contributed by atoms with Gasteiger partial charge < -0.3 is 19.5 Å². The number of amides is 1. The molecule has 172 valence electrons. The molecule has 2 rings (SSSR count). The number of carbonyl (C=O) groups is 2. The molecule has 0 radical (unpaired) electrons. The Kier molecular flexibility index (Phi) is 10.9. The molecular formula is C26H28N2O5. The van der Waals surface area contributed by atoms with Gasteiger partial charge in [0.25, 0.3) is 5.91 Å². The van der Waals surface area contributed by atoms with Crippen LogP contribution in [0.2, 0.25) is 0 Å². The van der Waals surface area contributed by atoms with Crippen LogP contribution in [0.25, 0.3) is 12.2 Å². The van der Waals surface area contributed by atoms with Crippen LogP contribution in [0.1, 0.15) is 30.9 Å². The number of ether oxygens (including phenoxy) is 3. The van der Waals surface area contributed by atoms with Gasteiger partial charge in [-0.15, -0.1) is 0 Å². The molecule has 0 fully saturated rings. The maximum Gasteiger partial charge on any atom is 0.336 e. The maximum atomic E-state index is 12.2. The Labute approximate surface area is 194 Å². The number of esters is 1. The van der Waals surface area contributed by atoms with Crippen LogP contribution in [0.15, 0.2) is 60.2 Å². The van der Waals surface area contributed by atoms with Crippen LogP contribution in [-0.2, 0) is 14.3 Å². The largest absolute Gasteiger partial charge is 0.493 e. The summed E-state index contributed by atoms with van der Waals surface area (Å²) in [6.07, 6.45) is 6.46. The number of hydrogen-bond acceptors (Lipinski definition) is 6.